The molecule has 0 aliphatic rings. The van der Waals surface area contributed by atoms with Crippen LogP contribution in [0.25, 0.3) is 0 Å². The Morgan fingerprint density at radius 3 is 2.57 bits per heavy atom. The van der Waals surface area contributed by atoms with Crippen LogP contribution < -0.4 is 11.1 Å². The number of carboxylic acids is 1. The van der Waals surface area contributed by atoms with Crippen molar-refractivity contribution in [3.05, 3.63) is 29.3 Å². The van der Waals surface area contributed by atoms with Crippen molar-refractivity contribution in [2.24, 2.45) is 0 Å². The van der Waals surface area contributed by atoms with E-state index in [1.165, 1.54) is 25.2 Å². The standard InChI is InChI=1S/C9H10N2O3/c1-11-8(12)7-5(9(13)14)3-2-4-6(7)10/h2-4H,10H2,1H3,(H,11,12)(H,13,14). The lowest BCUT2D eigenvalue weighted by molar-refractivity contribution is 0.0691. The molecule has 1 aromatic carbocycles. The minimum atomic E-state index is -1.17. The fraction of sp³-hybridized carbons (Fsp3) is 0.111. The molecule has 0 spiro atoms. The molecule has 0 heterocycles. The molecule has 0 saturated carbocycles. The number of carbonyl (C=O) groups is 2. The van der Waals surface area contributed by atoms with Gasteiger partial charge in [-0.25, -0.2) is 4.79 Å². The van der Waals surface area contributed by atoms with Crippen molar-refractivity contribution in [3.63, 3.8) is 0 Å². The number of anilines is 1. The summed E-state index contributed by atoms with van der Waals surface area (Å²) in [7, 11) is 1.42. The molecular weight excluding hydrogens is 184 g/mol. The topological polar surface area (TPSA) is 92.4 Å². The van der Waals surface area contributed by atoms with Crippen molar-refractivity contribution >= 4 is 17.6 Å². The zero-order valence-electron chi connectivity index (χ0n) is 7.57. The maximum Gasteiger partial charge on any atom is 0.336 e. The van der Waals surface area contributed by atoms with Gasteiger partial charge in [-0.15, -0.1) is 0 Å². The lowest BCUT2D eigenvalue weighted by Gasteiger charge is -2.07. The van der Waals surface area contributed by atoms with E-state index in [0.29, 0.717) is 0 Å². The third kappa shape index (κ3) is 1.66. The van der Waals surface area contributed by atoms with Crippen LogP contribution >= 0.6 is 0 Å². The number of benzene rings is 1. The maximum absolute atomic E-state index is 11.3. The number of amides is 1. The Morgan fingerprint density at radius 2 is 2.07 bits per heavy atom. The number of rotatable bonds is 2. The smallest absolute Gasteiger partial charge is 0.336 e. The van der Waals surface area contributed by atoms with Crippen molar-refractivity contribution < 1.29 is 14.7 Å². The third-order valence-corrected chi connectivity index (χ3v) is 1.78. The summed E-state index contributed by atoms with van der Waals surface area (Å²) >= 11 is 0. The Morgan fingerprint density at radius 1 is 1.43 bits per heavy atom. The molecule has 1 rings (SSSR count). The van der Waals surface area contributed by atoms with E-state index in [2.05, 4.69) is 5.32 Å². The van der Waals surface area contributed by atoms with Gasteiger partial charge in [0.15, 0.2) is 0 Å². The van der Waals surface area contributed by atoms with E-state index in [-0.39, 0.29) is 16.8 Å². The molecule has 0 aliphatic carbocycles. The normalized spacial score (nSPS) is 9.50. The summed E-state index contributed by atoms with van der Waals surface area (Å²) in [6, 6.07) is 4.31. The number of nitrogen functional groups attached to an aromatic ring is 1. The summed E-state index contributed by atoms with van der Waals surface area (Å²) in [5.41, 5.74) is 5.58. The van der Waals surface area contributed by atoms with E-state index in [4.69, 9.17) is 10.8 Å². The molecule has 0 unspecified atom stereocenters. The average Bonchev–Trinajstić information content (AvgIpc) is 2.16. The van der Waals surface area contributed by atoms with Gasteiger partial charge in [-0.3, -0.25) is 4.79 Å². The van der Waals surface area contributed by atoms with Gasteiger partial charge in [0, 0.05) is 12.7 Å². The fourth-order valence-corrected chi connectivity index (χ4v) is 1.13. The van der Waals surface area contributed by atoms with Crippen LogP contribution in [0.4, 0.5) is 5.69 Å². The Hall–Kier alpha value is -2.04. The first-order chi connectivity index (χ1) is 6.57. The average molecular weight is 194 g/mol. The minimum absolute atomic E-state index is 0.00231. The van der Waals surface area contributed by atoms with Crippen LogP contribution in [0.3, 0.4) is 0 Å². The highest BCUT2D eigenvalue weighted by Gasteiger charge is 2.17. The number of aromatic carboxylic acids is 1. The van der Waals surface area contributed by atoms with Gasteiger partial charge >= 0.3 is 5.97 Å². The van der Waals surface area contributed by atoms with Gasteiger partial charge in [0.05, 0.1) is 11.1 Å². The summed E-state index contributed by atoms with van der Waals surface area (Å²) < 4.78 is 0. The first-order valence-corrected chi connectivity index (χ1v) is 3.91. The molecule has 0 aliphatic heterocycles. The molecule has 1 amide bonds. The lowest BCUT2D eigenvalue weighted by atomic mass is 10.1. The van der Waals surface area contributed by atoms with Crippen molar-refractivity contribution in [1.82, 2.24) is 5.32 Å². The molecule has 0 saturated heterocycles. The molecule has 0 bridgehead atoms. The van der Waals surface area contributed by atoms with Gasteiger partial charge in [0.2, 0.25) is 0 Å². The van der Waals surface area contributed by atoms with Gasteiger partial charge in [0.1, 0.15) is 0 Å². The lowest BCUT2D eigenvalue weighted by Crippen LogP contribution is -2.22. The summed E-state index contributed by atoms with van der Waals surface area (Å²) in [5, 5.41) is 11.1. The highest BCUT2D eigenvalue weighted by molar-refractivity contribution is 6.08. The Bertz CT molecular complexity index is 388. The van der Waals surface area contributed by atoms with Crippen LogP contribution in [-0.4, -0.2) is 24.0 Å². The number of hydrogen-bond donors (Lipinski definition) is 3. The Kier molecular flexibility index (Phi) is 2.71. The highest BCUT2D eigenvalue weighted by atomic mass is 16.4. The Balaban J connectivity index is 3.36. The highest BCUT2D eigenvalue weighted by Crippen LogP contribution is 2.16. The fourth-order valence-electron chi connectivity index (χ4n) is 1.13. The van der Waals surface area contributed by atoms with Crippen molar-refractivity contribution in [2.45, 2.75) is 0 Å². The number of carboxylic acid groups (broad SMARTS) is 1. The monoisotopic (exact) mass is 194 g/mol. The van der Waals surface area contributed by atoms with Crippen molar-refractivity contribution in [1.29, 1.82) is 0 Å². The molecule has 14 heavy (non-hydrogen) atoms. The quantitative estimate of drug-likeness (QED) is 0.591. The van der Waals surface area contributed by atoms with Crippen LogP contribution in [0.5, 0.6) is 0 Å². The molecule has 5 nitrogen and oxygen atoms in total. The van der Waals surface area contributed by atoms with E-state index in [1.54, 1.807) is 0 Å². The second-order valence-electron chi connectivity index (χ2n) is 2.65. The number of nitrogens with two attached hydrogens (primary N) is 1. The first kappa shape index (κ1) is 10.0. The second kappa shape index (κ2) is 3.78. The predicted octanol–water partition coefficient (Wildman–Crippen LogP) is 0.327. The van der Waals surface area contributed by atoms with Gasteiger partial charge in [-0.1, -0.05) is 6.07 Å². The largest absolute Gasteiger partial charge is 0.478 e. The zero-order chi connectivity index (χ0) is 10.7. The summed E-state index contributed by atoms with van der Waals surface area (Å²) in [6.45, 7) is 0. The number of carbonyl (C=O) groups excluding carboxylic acids is 1. The SMILES string of the molecule is CNC(=O)c1c(N)cccc1C(=O)O. The molecule has 1 aromatic rings. The molecule has 0 aromatic heterocycles. The second-order valence-corrected chi connectivity index (χ2v) is 2.65. The van der Waals surface area contributed by atoms with Crippen molar-refractivity contribution in [2.75, 3.05) is 12.8 Å². The molecule has 0 fully saturated rings. The van der Waals surface area contributed by atoms with Crippen LogP contribution in [0.15, 0.2) is 18.2 Å². The van der Waals surface area contributed by atoms with Crippen molar-refractivity contribution in [3.8, 4) is 0 Å². The number of nitrogens with one attached hydrogen (secondary N) is 1. The van der Waals surface area contributed by atoms with Crippen LogP contribution in [0.2, 0.25) is 0 Å². The van der Waals surface area contributed by atoms with Gasteiger partial charge in [0.25, 0.3) is 5.91 Å². The Labute approximate surface area is 80.5 Å². The first-order valence-electron chi connectivity index (χ1n) is 3.91. The van der Waals surface area contributed by atoms with E-state index in [9.17, 15) is 9.59 Å². The molecule has 0 radical (unpaired) electrons. The summed E-state index contributed by atoms with van der Waals surface area (Å²) in [6.07, 6.45) is 0. The number of hydrogen-bond acceptors (Lipinski definition) is 3. The third-order valence-electron chi connectivity index (χ3n) is 1.78. The van der Waals surface area contributed by atoms with Gasteiger partial charge in [-0.05, 0) is 12.1 Å². The maximum atomic E-state index is 11.3. The van der Waals surface area contributed by atoms with Crippen LogP contribution in [0, 0.1) is 0 Å². The molecular formula is C9H10N2O3. The van der Waals surface area contributed by atoms with E-state index in [0.717, 1.165) is 0 Å². The van der Waals surface area contributed by atoms with E-state index >= 15 is 0 Å². The zero-order valence-corrected chi connectivity index (χ0v) is 7.57. The summed E-state index contributed by atoms with van der Waals surface area (Å²) in [5.74, 6) is -1.67. The van der Waals surface area contributed by atoms with E-state index in [1.807, 2.05) is 0 Å². The van der Waals surface area contributed by atoms with Crippen LogP contribution in [-0.2, 0) is 0 Å². The molecule has 74 valence electrons. The molecule has 4 N–H and O–H groups in total. The molecule has 0 atom stereocenters. The minimum Gasteiger partial charge on any atom is -0.478 e. The molecule has 5 heteroatoms. The van der Waals surface area contributed by atoms with E-state index < -0.39 is 11.9 Å². The van der Waals surface area contributed by atoms with Gasteiger partial charge < -0.3 is 16.2 Å². The predicted molar refractivity (Wildman–Crippen MR) is 51.2 cm³/mol. The van der Waals surface area contributed by atoms with Crippen LogP contribution in [0.1, 0.15) is 20.7 Å². The van der Waals surface area contributed by atoms with Gasteiger partial charge in [-0.2, -0.15) is 0 Å². The summed E-state index contributed by atoms with van der Waals surface area (Å²) in [4.78, 5) is 22.1.